The molecule has 0 aliphatic carbocycles. The van der Waals surface area contributed by atoms with Crippen molar-refractivity contribution in [2.24, 2.45) is 0 Å². The first-order valence-electron chi connectivity index (χ1n) is 5.50. The van der Waals surface area contributed by atoms with Crippen LogP contribution in [0.5, 0.6) is 0 Å². The average Bonchev–Trinajstić information content (AvgIpc) is 2.81. The maximum Gasteiger partial charge on any atom is 0.315 e. The van der Waals surface area contributed by atoms with E-state index in [-0.39, 0.29) is 12.1 Å². The number of rotatable bonds is 3. The largest absolute Gasteiger partial charge is 0.379 e. The minimum absolute atomic E-state index is 0.126. The highest BCUT2D eigenvalue weighted by Crippen LogP contribution is 2.03. The van der Waals surface area contributed by atoms with Gasteiger partial charge in [0.05, 0.1) is 12.6 Å². The molecule has 0 bridgehead atoms. The third-order valence-electron chi connectivity index (χ3n) is 2.56. The van der Waals surface area contributed by atoms with Gasteiger partial charge in [-0.2, -0.15) is 0 Å². The van der Waals surface area contributed by atoms with E-state index in [4.69, 9.17) is 4.74 Å². The van der Waals surface area contributed by atoms with Gasteiger partial charge in [-0.25, -0.2) is 4.79 Å². The Hall–Kier alpha value is -1.55. The Labute approximate surface area is 95.0 Å². The summed E-state index contributed by atoms with van der Waals surface area (Å²) in [7, 11) is 0. The molecule has 16 heavy (non-hydrogen) atoms. The van der Waals surface area contributed by atoms with Crippen LogP contribution in [0.3, 0.4) is 0 Å². The fraction of sp³-hybridized carbons (Fsp3) is 0.417. The van der Waals surface area contributed by atoms with Crippen molar-refractivity contribution in [3.63, 3.8) is 0 Å². The molecule has 1 aliphatic rings. The highest BCUT2D eigenvalue weighted by Gasteiger charge is 2.17. The monoisotopic (exact) mass is 220 g/mol. The smallest absolute Gasteiger partial charge is 0.315 e. The van der Waals surface area contributed by atoms with Crippen LogP contribution in [0.4, 0.5) is 4.79 Å². The molecular weight excluding hydrogens is 204 g/mol. The van der Waals surface area contributed by atoms with Gasteiger partial charge in [0.1, 0.15) is 0 Å². The summed E-state index contributed by atoms with van der Waals surface area (Å²) in [6.07, 6.45) is 0.902. The number of nitrogens with one attached hydrogen (secondary N) is 2. The second kappa shape index (κ2) is 5.51. The van der Waals surface area contributed by atoms with Crippen molar-refractivity contribution in [2.75, 3.05) is 13.2 Å². The lowest BCUT2D eigenvalue weighted by Crippen LogP contribution is -2.42. The van der Waals surface area contributed by atoms with Crippen molar-refractivity contribution >= 4 is 6.03 Å². The molecule has 1 unspecified atom stereocenters. The number of ether oxygens (including phenoxy) is 1. The molecule has 0 saturated carbocycles. The fourth-order valence-electron chi connectivity index (χ4n) is 1.66. The van der Waals surface area contributed by atoms with E-state index in [1.54, 1.807) is 0 Å². The summed E-state index contributed by atoms with van der Waals surface area (Å²) in [5.74, 6) is 0. The summed E-state index contributed by atoms with van der Waals surface area (Å²) in [5, 5.41) is 5.69. The quantitative estimate of drug-likeness (QED) is 0.806. The van der Waals surface area contributed by atoms with Crippen molar-refractivity contribution in [1.29, 1.82) is 0 Å². The van der Waals surface area contributed by atoms with Crippen LogP contribution >= 0.6 is 0 Å². The molecule has 1 aliphatic heterocycles. The minimum atomic E-state index is -0.126. The molecule has 1 atom stereocenters. The van der Waals surface area contributed by atoms with Gasteiger partial charge in [0.25, 0.3) is 0 Å². The molecule has 4 heteroatoms. The fourth-order valence-corrected chi connectivity index (χ4v) is 1.66. The summed E-state index contributed by atoms with van der Waals surface area (Å²) in [6, 6.07) is 9.88. The summed E-state index contributed by atoms with van der Waals surface area (Å²) in [6.45, 7) is 1.92. The van der Waals surface area contributed by atoms with Gasteiger partial charge in [-0.3, -0.25) is 0 Å². The molecule has 4 nitrogen and oxygen atoms in total. The highest BCUT2D eigenvalue weighted by atomic mass is 16.5. The molecule has 2 rings (SSSR count). The Morgan fingerprint density at radius 2 is 2.19 bits per heavy atom. The SMILES string of the molecule is O=C(NCc1ccccc1)NC1CCOC1. The zero-order valence-electron chi connectivity index (χ0n) is 9.11. The number of carbonyl (C=O) groups is 1. The molecule has 0 aromatic heterocycles. The van der Waals surface area contributed by atoms with Gasteiger partial charge in [-0.1, -0.05) is 30.3 Å². The van der Waals surface area contributed by atoms with Crippen molar-refractivity contribution in [3.8, 4) is 0 Å². The van der Waals surface area contributed by atoms with Crippen LogP contribution in [0.25, 0.3) is 0 Å². The van der Waals surface area contributed by atoms with Crippen LogP contribution in [0.15, 0.2) is 30.3 Å². The number of carbonyl (C=O) groups excluding carboxylic acids is 1. The first-order valence-corrected chi connectivity index (χ1v) is 5.50. The van der Waals surface area contributed by atoms with E-state index in [1.165, 1.54) is 0 Å². The molecule has 1 heterocycles. The number of benzene rings is 1. The first kappa shape index (κ1) is 11.0. The van der Waals surface area contributed by atoms with Gasteiger partial charge in [-0.05, 0) is 12.0 Å². The summed E-state index contributed by atoms with van der Waals surface area (Å²) in [5.41, 5.74) is 1.10. The Kier molecular flexibility index (Phi) is 3.77. The van der Waals surface area contributed by atoms with E-state index in [2.05, 4.69) is 10.6 Å². The van der Waals surface area contributed by atoms with E-state index in [0.717, 1.165) is 18.6 Å². The maximum atomic E-state index is 11.5. The summed E-state index contributed by atoms with van der Waals surface area (Å²) in [4.78, 5) is 11.5. The van der Waals surface area contributed by atoms with E-state index in [9.17, 15) is 4.79 Å². The highest BCUT2D eigenvalue weighted by molar-refractivity contribution is 5.74. The van der Waals surface area contributed by atoms with Crippen LogP contribution < -0.4 is 10.6 Å². The Balaban J connectivity index is 1.71. The van der Waals surface area contributed by atoms with Crippen molar-refractivity contribution in [1.82, 2.24) is 10.6 Å². The topological polar surface area (TPSA) is 50.4 Å². The van der Waals surface area contributed by atoms with Crippen LogP contribution in [-0.2, 0) is 11.3 Å². The maximum absolute atomic E-state index is 11.5. The average molecular weight is 220 g/mol. The van der Waals surface area contributed by atoms with Gasteiger partial charge in [0.2, 0.25) is 0 Å². The van der Waals surface area contributed by atoms with Gasteiger partial charge >= 0.3 is 6.03 Å². The van der Waals surface area contributed by atoms with E-state index in [1.807, 2.05) is 30.3 Å². The zero-order valence-corrected chi connectivity index (χ0v) is 9.11. The predicted octanol–water partition coefficient (Wildman–Crippen LogP) is 1.27. The van der Waals surface area contributed by atoms with E-state index < -0.39 is 0 Å². The normalized spacial score (nSPS) is 19.4. The predicted molar refractivity (Wildman–Crippen MR) is 61.0 cm³/mol. The van der Waals surface area contributed by atoms with Crippen LogP contribution in [0.1, 0.15) is 12.0 Å². The second-order valence-corrected chi connectivity index (χ2v) is 3.87. The van der Waals surface area contributed by atoms with Crippen LogP contribution in [0.2, 0.25) is 0 Å². The van der Waals surface area contributed by atoms with Crippen molar-refractivity contribution in [3.05, 3.63) is 35.9 Å². The standard InChI is InChI=1S/C12H16N2O2/c15-12(14-11-6-7-16-9-11)13-8-10-4-2-1-3-5-10/h1-5,11H,6-9H2,(H2,13,14,15). The molecule has 1 aromatic carbocycles. The first-order chi connectivity index (χ1) is 7.84. The molecule has 1 saturated heterocycles. The van der Waals surface area contributed by atoms with Gasteiger partial charge < -0.3 is 15.4 Å². The van der Waals surface area contributed by atoms with Gasteiger partial charge in [0, 0.05) is 13.2 Å². The van der Waals surface area contributed by atoms with E-state index >= 15 is 0 Å². The zero-order chi connectivity index (χ0) is 11.2. The van der Waals surface area contributed by atoms with Crippen molar-refractivity contribution < 1.29 is 9.53 Å². The molecular formula is C12H16N2O2. The number of urea groups is 1. The lowest BCUT2D eigenvalue weighted by molar-refractivity contribution is 0.188. The summed E-state index contributed by atoms with van der Waals surface area (Å²) < 4.78 is 5.18. The minimum Gasteiger partial charge on any atom is -0.379 e. The van der Waals surface area contributed by atoms with Gasteiger partial charge in [0.15, 0.2) is 0 Å². The van der Waals surface area contributed by atoms with Crippen LogP contribution in [0, 0.1) is 0 Å². The molecule has 2 N–H and O–H groups in total. The number of amides is 2. The molecule has 1 fully saturated rings. The molecule has 1 aromatic rings. The third kappa shape index (κ3) is 3.24. The third-order valence-corrected chi connectivity index (χ3v) is 2.56. The van der Waals surface area contributed by atoms with Gasteiger partial charge in [-0.15, -0.1) is 0 Å². The number of hydrogen-bond donors (Lipinski definition) is 2. The lowest BCUT2D eigenvalue weighted by atomic mass is 10.2. The van der Waals surface area contributed by atoms with Crippen molar-refractivity contribution in [2.45, 2.75) is 19.0 Å². The summed E-state index contributed by atoms with van der Waals surface area (Å²) >= 11 is 0. The number of hydrogen-bond acceptors (Lipinski definition) is 2. The molecule has 0 radical (unpaired) electrons. The molecule has 86 valence electrons. The Morgan fingerprint density at radius 3 is 2.88 bits per heavy atom. The molecule has 0 spiro atoms. The molecule has 2 amide bonds. The van der Waals surface area contributed by atoms with E-state index in [0.29, 0.717) is 13.2 Å². The Bertz CT molecular complexity index is 334. The lowest BCUT2D eigenvalue weighted by Gasteiger charge is -2.11. The Morgan fingerprint density at radius 1 is 1.38 bits per heavy atom. The van der Waals surface area contributed by atoms with Crippen LogP contribution in [-0.4, -0.2) is 25.3 Å². The second-order valence-electron chi connectivity index (χ2n) is 3.87.